The van der Waals surface area contributed by atoms with Gasteiger partial charge < -0.3 is 0 Å². The molecule has 1 aliphatic heterocycles. The molecular weight excluding hydrogens is 244 g/mol. The lowest BCUT2D eigenvalue weighted by atomic mass is 10.0. The zero-order valence-electron chi connectivity index (χ0n) is 9.49. The van der Waals surface area contributed by atoms with Gasteiger partial charge in [-0.05, 0) is 6.92 Å². The predicted molar refractivity (Wildman–Crippen MR) is 61.0 cm³/mol. The van der Waals surface area contributed by atoms with Gasteiger partial charge in [0.15, 0.2) is 0 Å². The lowest BCUT2D eigenvalue weighted by molar-refractivity contribution is -0.0593. The van der Waals surface area contributed by atoms with E-state index in [1.807, 2.05) is 11.8 Å². The Kier molecular flexibility index (Phi) is 3.40. The van der Waals surface area contributed by atoms with Gasteiger partial charge >= 0.3 is 0 Å². The third-order valence-electron chi connectivity index (χ3n) is 3.05. The number of rotatable bonds is 2. The van der Waals surface area contributed by atoms with Crippen molar-refractivity contribution in [3.05, 3.63) is 16.1 Å². The van der Waals surface area contributed by atoms with Crippen LogP contribution in [0.4, 0.5) is 8.78 Å². The summed E-state index contributed by atoms with van der Waals surface area (Å²) in [7, 11) is 0. The molecule has 17 heavy (non-hydrogen) atoms. The summed E-state index contributed by atoms with van der Waals surface area (Å²) >= 11 is 1.41. The Labute approximate surface area is 103 Å². The van der Waals surface area contributed by atoms with Crippen molar-refractivity contribution in [1.82, 2.24) is 9.88 Å². The van der Waals surface area contributed by atoms with Crippen LogP contribution in [0.5, 0.6) is 0 Å². The van der Waals surface area contributed by atoms with E-state index in [0.29, 0.717) is 0 Å². The molecule has 1 aromatic heterocycles. The topological polar surface area (TPSA) is 39.9 Å². The van der Waals surface area contributed by atoms with Crippen LogP contribution < -0.4 is 0 Å². The SMILES string of the molecule is Cc1ncsc1C(C#N)N1CCC(F)(F)CC1. The van der Waals surface area contributed by atoms with Crippen LogP contribution in [-0.4, -0.2) is 28.9 Å². The van der Waals surface area contributed by atoms with Gasteiger partial charge in [0.25, 0.3) is 5.92 Å². The highest BCUT2D eigenvalue weighted by Gasteiger charge is 2.37. The number of likely N-dealkylation sites (tertiary alicyclic amines) is 1. The zero-order valence-corrected chi connectivity index (χ0v) is 10.3. The van der Waals surface area contributed by atoms with Crippen molar-refractivity contribution >= 4 is 11.3 Å². The molecule has 0 N–H and O–H groups in total. The first-order valence-corrected chi connectivity index (χ1v) is 6.33. The molecule has 0 bridgehead atoms. The third kappa shape index (κ3) is 2.61. The predicted octanol–water partition coefficient (Wildman–Crippen LogP) is 2.75. The largest absolute Gasteiger partial charge is 0.283 e. The molecule has 1 atom stereocenters. The summed E-state index contributed by atoms with van der Waals surface area (Å²) in [6, 6.07) is 1.76. The molecule has 1 unspecified atom stereocenters. The Balaban J connectivity index is 2.12. The van der Waals surface area contributed by atoms with E-state index in [1.54, 1.807) is 5.51 Å². The number of hydrogen-bond donors (Lipinski definition) is 0. The van der Waals surface area contributed by atoms with E-state index in [4.69, 9.17) is 0 Å². The molecular formula is C11H13F2N3S. The molecule has 92 valence electrons. The minimum atomic E-state index is -2.57. The molecule has 1 aliphatic rings. The van der Waals surface area contributed by atoms with Gasteiger partial charge in [0.05, 0.1) is 22.2 Å². The molecule has 3 nitrogen and oxygen atoms in total. The number of thiazole rings is 1. The normalized spacial score (nSPS) is 22.0. The van der Waals surface area contributed by atoms with Gasteiger partial charge in [-0.3, -0.25) is 4.90 Å². The van der Waals surface area contributed by atoms with Crippen LogP contribution in [0.3, 0.4) is 0 Å². The molecule has 0 radical (unpaired) electrons. The fourth-order valence-electron chi connectivity index (χ4n) is 1.99. The molecule has 6 heteroatoms. The molecule has 2 rings (SSSR count). The molecule has 0 amide bonds. The van der Waals surface area contributed by atoms with E-state index in [2.05, 4.69) is 11.1 Å². The van der Waals surface area contributed by atoms with Gasteiger partial charge in [0.1, 0.15) is 6.04 Å². The van der Waals surface area contributed by atoms with E-state index in [0.717, 1.165) is 10.6 Å². The van der Waals surface area contributed by atoms with E-state index < -0.39 is 12.0 Å². The number of alkyl halides is 2. The van der Waals surface area contributed by atoms with Gasteiger partial charge in [-0.15, -0.1) is 11.3 Å². The highest BCUT2D eigenvalue weighted by molar-refractivity contribution is 7.09. The van der Waals surface area contributed by atoms with E-state index in [1.165, 1.54) is 11.3 Å². The van der Waals surface area contributed by atoms with Crippen LogP contribution in [0.15, 0.2) is 5.51 Å². The Bertz CT molecular complexity index is 428. The second-order valence-corrected chi connectivity index (χ2v) is 5.11. The first-order valence-electron chi connectivity index (χ1n) is 5.45. The molecule has 0 aromatic carbocycles. The number of aryl methyl sites for hydroxylation is 1. The number of nitrogens with zero attached hydrogens (tertiary/aromatic N) is 3. The van der Waals surface area contributed by atoms with Gasteiger partial charge in [-0.25, -0.2) is 13.8 Å². The maximum atomic E-state index is 13.0. The first-order chi connectivity index (χ1) is 8.03. The molecule has 2 heterocycles. The summed E-state index contributed by atoms with van der Waals surface area (Å²) in [5, 5.41) is 9.20. The highest BCUT2D eigenvalue weighted by atomic mass is 32.1. The van der Waals surface area contributed by atoms with E-state index in [9.17, 15) is 14.0 Å². The Morgan fingerprint density at radius 2 is 2.18 bits per heavy atom. The molecule has 1 fully saturated rings. The third-order valence-corrected chi connectivity index (χ3v) is 4.03. The van der Waals surface area contributed by atoms with E-state index in [-0.39, 0.29) is 25.9 Å². The second kappa shape index (κ2) is 4.67. The maximum absolute atomic E-state index is 13.0. The number of hydrogen-bond acceptors (Lipinski definition) is 4. The smallest absolute Gasteiger partial charge is 0.250 e. The van der Waals surface area contributed by atoms with Crippen molar-refractivity contribution in [2.45, 2.75) is 31.7 Å². The summed E-state index contributed by atoms with van der Waals surface area (Å²) in [6.45, 7) is 2.37. The summed E-state index contributed by atoms with van der Waals surface area (Å²) < 4.78 is 26.1. The standard InChI is InChI=1S/C11H13F2N3S/c1-8-10(17-7-15-8)9(6-14)16-4-2-11(12,13)3-5-16/h7,9H,2-5H2,1H3. The molecule has 1 aromatic rings. The quantitative estimate of drug-likeness (QED) is 0.818. The van der Waals surface area contributed by atoms with Crippen LogP contribution in [0.1, 0.15) is 29.5 Å². The number of halogens is 2. The van der Waals surface area contributed by atoms with Crippen molar-refractivity contribution < 1.29 is 8.78 Å². The van der Waals surface area contributed by atoms with Crippen molar-refractivity contribution in [3.8, 4) is 6.07 Å². The summed E-state index contributed by atoms with van der Waals surface area (Å²) in [5.41, 5.74) is 2.51. The average Bonchev–Trinajstić information content (AvgIpc) is 2.69. The van der Waals surface area contributed by atoms with Crippen LogP contribution in [-0.2, 0) is 0 Å². The lowest BCUT2D eigenvalue weighted by Gasteiger charge is -2.34. The minimum absolute atomic E-state index is 0.164. The fourth-order valence-corrected chi connectivity index (χ4v) is 2.87. The van der Waals surface area contributed by atoms with Gasteiger partial charge in [-0.1, -0.05) is 0 Å². The van der Waals surface area contributed by atoms with Crippen LogP contribution >= 0.6 is 11.3 Å². The van der Waals surface area contributed by atoms with Crippen LogP contribution in [0.2, 0.25) is 0 Å². The highest BCUT2D eigenvalue weighted by Crippen LogP contribution is 2.34. The van der Waals surface area contributed by atoms with Crippen LogP contribution in [0.25, 0.3) is 0 Å². The first kappa shape index (κ1) is 12.4. The summed E-state index contributed by atoms with van der Waals surface area (Å²) in [4.78, 5) is 6.79. The summed E-state index contributed by atoms with van der Waals surface area (Å²) in [6.07, 6.45) is -0.327. The Hall–Kier alpha value is -1.06. The van der Waals surface area contributed by atoms with Crippen molar-refractivity contribution in [3.63, 3.8) is 0 Å². The van der Waals surface area contributed by atoms with Crippen LogP contribution in [0, 0.1) is 18.3 Å². The maximum Gasteiger partial charge on any atom is 0.250 e. The second-order valence-electron chi connectivity index (χ2n) is 4.23. The Morgan fingerprint density at radius 3 is 2.65 bits per heavy atom. The molecule has 0 aliphatic carbocycles. The van der Waals surface area contributed by atoms with E-state index >= 15 is 0 Å². The zero-order chi connectivity index (χ0) is 12.5. The Morgan fingerprint density at radius 1 is 1.53 bits per heavy atom. The van der Waals surface area contributed by atoms with Crippen molar-refractivity contribution in [2.24, 2.45) is 0 Å². The van der Waals surface area contributed by atoms with Gasteiger partial charge in [0, 0.05) is 25.9 Å². The number of piperidine rings is 1. The number of nitriles is 1. The minimum Gasteiger partial charge on any atom is -0.283 e. The number of aromatic nitrogens is 1. The molecule has 0 spiro atoms. The monoisotopic (exact) mass is 257 g/mol. The molecule has 0 saturated carbocycles. The van der Waals surface area contributed by atoms with Gasteiger partial charge in [0.2, 0.25) is 0 Å². The molecule has 1 saturated heterocycles. The fraction of sp³-hybridized carbons (Fsp3) is 0.636. The lowest BCUT2D eigenvalue weighted by Crippen LogP contribution is -2.41. The van der Waals surface area contributed by atoms with Crippen molar-refractivity contribution in [2.75, 3.05) is 13.1 Å². The van der Waals surface area contributed by atoms with Crippen molar-refractivity contribution in [1.29, 1.82) is 5.26 Å². The van der Waals surface area contributed by atoms with Gasteiger partial charge in [-0.2, -0.15) is 5.26 Å². The average molecular weight is 257 g/mol. The summed E-state index contributed by atoms with van der Waals surface area (Å²) in [5.74, 6) is -2.57.